The standard InChI is InChI=1S/C13H17ClN4O2S/c1-15-13(18(2)8-9-5-6-20-17-9)16-7-10(19)11-3-4-12(14)21-11/h3-6,10,19H,7-8H2,1-2H3,(H,15,16). The summed E-state index contributed by atoms with van der Waals surface area (Å²) in [5.74, 6) is 0.666. The van der Waals surface area contributed by atoms with Crippen molar-refractivity contribution in [3.8, 4) is 0 Å². The van der Waals surface area contributed by atoms with Crippen molar-refractivity contribution in [3.05, 3.63) is 39.4 Å². The van der Waals surface area contributed by atoms with Crippen LogP contribution in [-0.2, 0) is 6.54 Å². The lowest BCUT2D eigenvalue weighted by Gasteiger charge is -2.22. The highest BCUT2D eigenvalue weighted by atomic mass is 35.5. The number of aromatic nitrogens is 1. The summed E-state index contributed by atoms with van der Waals surface area (Å²) in [4.78, 5) is 6.89. The van der Waals surface area contributed by atoms with E-state index in [1.54, 1.807) is 19.2 Å². The number of halogens is 1. The topological polar surface area (TPSA) is 73.9 Å². The van der Waals surface area contributed by atoms with E-state index in [9.17, 15) is 5.11 Å². The summed E-state index contributed by atoms with van der Waals surface area (Å²) in [5, 5.41) is 17.1. The Balaban J connectivity index is 1.87. The van der Waals surface area contributed by atoms with Gasteiger partial charge in [-0.1, -0.05) is 16.8 Å². The van der Waals surface area contributed by atoms with Crippen LogP contribution in [0.2, 0.25) is 4.34 Å². The van der Waals surface area contributed by atoms with Gasteiger partial charge < -0.3 is 19.8 Å². The molecular formula is C13H17ClN4O2S. The highest BCUT2D eigenvalue weighted by Crippen LogP contribution is 2.26. The van der Waals surface area contributed by atoms with E-state index in [0.29, 0.717) is 23.4 Å². The Kier molecular flexibility index (Phi) is 5.60. The van der Waals surface area contributed by atoms with Crippen LogP contribution in [0.5, 0.6) is 0 Å². The summed E-state index contributed by atoms with van der Waals surface area (Å²) in [6.07, 6.45) is 0.906. The molecule has 2 aromatic heterocycles. The molecule has 0 amide bonds. The molecule has 0 fully saturated rings. The first-order valence-electron chi connectivity index (χ1n) is 6.34. The smallest absolute Gasteiger partial charge is 0.193 e. The maximum atomic E-state index is 10.1. The van der Waals surface area contributed by atoms with Gasteiger partial charge in [-0.3, -0.25) is 4.99 Å². The maximum absolute atomic E-state index is 10.1. The Morgan fingerprint density at radius 1 is 1.57 bits per heavy atom. The lowest BCUT2D eigenvalue weighted by molar-refractivity contribution is 0.183. The van der Waals surface area contributed by atoms with E-state index in [0.717, 1.165) is 10.6 Å². The van der Waals surface area contributed by atoms with Crippen LogP contribution in [0, 0.1) is 0 Å². The molecule has 0 saturated heterocycles. The SMILES string of the molecule is CN=C(NCC(O)c1ccc(Cl)s1)N(C)Cc1ccon1. The normalized spacial score (nSPS) is 13.2. The molecule has 0 saturated carbocycles. The molecule has 0 spiro atoms. The summed E-state index contributed by atoms with van der Waals surface area (Å²) in [6, 6.07) is 5.39. The molecule has 1 unspecified atom stereocenters. The zero-order chi connectivity index (χ0) is 15.2. The Morgan fingerprint density at radius 3 is 2.95 bits per heavy atom. The average Bonchev–Trinajstić information content (AvgIpc) is 3.10. The minimum Gasteiger partial charge on any atom is -0.386 e. The first-order valence-corrected chi connectivity index (χ1v) is 7.54. The Bertz CT molecular complexity index is 585. The number of nitrogens with one attached hydrogen (secondary N) is 1. The Hall–Kier alpha value is -1.57. The molecule has 0 aliphatic heterocycles. The second-order valence-electron chi connectivity index (χ2n) is 4.43. The predicted octanol–water partition coefficient (Wildman–Crippen LogP) is 2.13. The molecule has 0 bridgehead atoms. The van der Waals surface area contributed by atoms with Gasteiger partial charge >= 0.3 is 0 Å². The van der Waals surface area contributed by atoms with Crippen LogP contribution < -0.4 is 5.32 Å². The van der Waals surface area contributed by atoms with Gasteiger partial charge in [-0.25, -0.2) is 0 Å². The number of thiophene rings is 1. The van der Waals surface area contributed by atoms with Crippen molar-refractivity contribution < 1.29 is 9.63 Å². The van der Waals surface area contributed by atoms with Gasteiger partial charge in [0.15, 0.2) is 5.96 Å². The summed E-state index contributed by atoms with van der Waals surface area (Å²) in [5.41, 5.74) is 0.811. The maximum Gasteiger partial charge on any atom is 0.193 e. The van der Waals surface area contributed by atoms with E-state index < -0.39 is 6.10 Å². The van der Waals surface area contributed by atoms with Gasteiger partial charge in [0.05, 0.1) is 10.9 Å². The van der Waals surface area contributed by atoms with Crippen molar-refractivity contribution >= 4 is 28.9 Å². The largest absolute Gasteiger partial charge is 0.386 e. The fourth-order valence-corrected chi connectivity index (χ4v) is 2.86. The first kappa shape index (κ1) is 15.8. The number of rotatable bonds is 5. The third-order valence-electron chi connectivity index (χ3n) is 2.84. The highest BCUT2D eigenvalue weighted by Gasteiger charge is 2.13. The molecule has 2 N–H and O–H groups in total. The van der Waals surface area contributed by atoms with Gasteiger partial charge in [-0.15, -0.1) is 11.3 Å². The number of aliphatic hydroxyl groups excluding tert-OH is 1. The molecule has 2 heterocycles. The predicted molar refractivity (Wildman–Crippen MR) is 83.6 cm³/mol. The number of guanidine groups is 1. The van der Waals surface area contributed by atoms with Crippen molar-refractivity contribution in [2.24, 2.45) is 4.99 Å². The highest BCUT2D eigenvalue weighted by molar-refractivity contribution is 7.16. The molecule has 0 aromatic carbocycles. The number of hydrogen-bond acceptors (Lipinski definition) is 5. The molecule has 6 nitrogen and oxygen atoms in total. The summed E-state index contributed by atoms with van der Waals surface area (Å²) >= 11 is 7.23. The molecule has 8 heteroatoms. The third-order valence-corrected chi connectivity index (χ3v) is 4.17. The van der Waals surface area contributed by atoms with E-state index in [1.807, 2.05) is 18.0 Å². The van der Waals surface area contributed by atoms with E-state index in [2.05, 4.69) is 15.5 Å². The summed E-state index contributed by atoms with van der Waals surface area (Å²) in [7, 11) is 3.58. The van der Waals surface area contributed by atoms with E-state index in [-0.39, 0.29) is 0 Å². The molecule has 0 radical (unpaired) electrons. The Morgan fingerprint density at radius 2 is 2.38 bits per heavy atom. The number of hydrogen-bond donors (Lipinski definition) is 2. The van der Waals surface area contributed by atoms with Gasteiger partial charge in [-0.2, -0.15) is 0 Å². The lowest BCUT2D eigenvalue weighted by Crippen LogP contribution is -2.40. The zero-order valence-corrected chi connectivity index (χ0v) is 13.4. The van der Waals surface area contributed by atoms with Gasteiger partial charge in [0.25, 0.3) is 0 Å². The zero-order valence-electron chi connectivity index (χ0n) is 11.8. The quantitative estimate of drug-likeness (QED) is 0.649. The van der Waals surface area contributed by atoms with Crippen LogP contribution in [0.1, 0.15) is 16.7 Å². The van der Waals surface area contributed by atoms with Crippen LogP contribution in [0.15, 0.2) is 34.0 Å². The second-order valence-corrected chi connectivity index (χ2v) is 6.18. The molecule has 2 rings (SSSR count). The molecule has 114 valence electrons. The van der Waals surface area contributed by atoms with E-state index >= 15 is 0 Å². The molecule has 0 aliphatic carbocycles. The van der Waals surface area contributed by atoms with Crippen LogP contribution in [0.4, 0.5) is 0 Å². The van der Waals surface area contributed by atoms with E-state index in [4.69, 9.17) is 16.1 Å². The second kappa shape index (κ2) is 7.44. The molecule has 21 heavy (non-hydrogen) atoms. The minimum atomic E-state index is -0.625. The van der Waals surface area contributed by atoms with Crippen molar-refractivity contribution in [1.29, 1.82) is 0 Å². The van der Waals surface area contributed by atoms with Crippen LogP contribution in [-0.4, -0.2) is 41.8 Å². The number of aliphatic imine (C=N–C) groups is 1. The number of aliphatic hydroxyl groups is 1. The van der Waals surface area contributed by atoms with Crippen LogP contribution in [0.25, 0.3) is 0 Å². The van der Waals surface area contributed by atoms with Crippen molar-refractivity contribution in [1.82, 2.24) is 15.4 Å². The van der Waals surface area contributed by atoms with Crippen LogP contribution >= 0.6 is 22.9 Å². The summed E-state index contributed by atoms with van der Waals surface area (Å²) in [6.45, 7) is 0.920. The van der Waals surface area contributed by atoms with Gasteiger partial charge in [0.1, 0.15) is 18.1 Å². The molecule has 1 atom stereocenters. The molecular weight excluding hydrogens is 312 g/mol. The summed E-state index contributed by atoms with van der Waals surface area (Å²) < 4.78 is 5.46. The fraction of sp³-hybridized carbons (Fsp3) is 0.385. The van der Waals surface area contributed by atoms with Gasteiger partial charge in [0, 0.05) is 31.6 Å². The molecule has 2 aromatic rings. The van der Waals surface area contributed by atoms with E-state index in [1.165, 1.54) is 17.6 Å². The fourth-order valence-electron chi connectivity index (χ4n) is 1.82. The Labute approximate surface area is 132 Å². The average molecular weight is 329 g/mol. The van der Waals surface area contributed by atoms with Gasteiger partial charge in [-0.05, 0) is 12.1 Å². The van der Waals surface area contributed by atoms with Crippen molar-refractivity contribution in [2.45, 2.75) is 12.6 Å². The monoisotopic (exact) mass is 328 g/mol. The number of nitrogens with zero attached hydrogens (tertiary/aromatic N) is 3. The van der Waals surface area contributed by atoms with Gasteiger partial charge in [0.2, 0.25) is 0 Å². The van der Waals surface area contributed by atoms with Crippen molar-refractivity contribution in [2.75, 3.05) is 20.6 Å². The minimum absolute atomic E-state index is 0.354. The van der Waals surface area contributed by atoms with Crippen LogP contribution in [0.3, 0.4) is 0 Å². The third kappa shape index (κ3) is 4.45. The first-order chi connectivity index (χ1) is 10.1. The lowest BCUT2D eigenvalue weighted by atomic mass is 10.3. The molecule has 0 aliphatic rings. The van der Waals surface area contributed by atoms with Crippen molar-refractivity contribution in [3.63, 3.8) is 0 Å².